The van der Waals surface area contributed by atoms with Crippen molar-refractivity contribution in [3.8, 4) is 0 Å². The summed E-state index contributed by atoms with van der Waals surface area (Å²) in [4.78, 5) is 0.0912. The van der Waals surface area contributed by atoms with Gasteiger partial charge in [0.1, 0.15) is 0 Å². The standard InChI is InChI=1S/C13H18BrClN2O2S/c1-8-2-3-9(4-8)7-17-20(18,19)12-6-10(15)5-11(16)13(12)14/h5-6,8-9,17H,2-4,7,16H2,1H3. The highest BCUT2D eigenvalue weighted by molar-refractivity contribution is 9.10. The Morgan fingerprint density at radius 1 is 1.45 bits per heavy atom. The summed E-state index contributed by atoms with van der Waals surface area (Å²) < 4.78 is 27.7. The Hall–Kier alpha value is -0.300. The maximum absolute atomic E-state index is 12.3. The molecule has 0 radical (unpaired) electrons. The van der Waals surface area contributed by atoms with Crippen molar-refractivity contribution in [2.45, 2.75) is 31.1 Å². The highest BCUT2D eigenvalue weighted by atomic mass is 79.9. The average molecular weight is 382 g/mol. The molecule has 1 saturated carbocycles. The number of nitrogens with two attached hydrogens (primary N) is 1. The fourth-order valence-corrected chi connectivity index (χ4v) is 5.00. The molecule has 0 amide bonds. The van der Waals surface area contributed by atoms with E-state index >= 15 is 0 Å². The molecule has 2 atom stereocenters. The first-order valence-corrected chi connectivity index (χ1v) is 9.19. The van der Waals surface area contributed by atoms with Gasteiger partial charge in [-0.15, -0.1) is 0 Å². The highest BCUT2D eigenvalue weighted by Crippen LogP contribution is 2.33. The summed E-state index contributed by atoms with van der Waals surface area (Å²) in [6.07, 6.45) is 3.31. The molecule has 2 unspecified atom stereocenters. The topological polar surface area (TPSA) is 72.2 Å². The van der Waals surface area contributed by atoms with Crippen LogP contribution in [0.5, 0.6) is 0 Å². The number of hydrogen-bond donors (Lipinski definition) is 2. The van der Waals surface area contributed by atoms with E-state index < -0.39 is 10.0 Å². The second-order valence-electron chi connectivity index (χ2n) is 5.44. The van der Waals surface area contributed by atoms with Gasteiger partial charge < -0.3 is 5.73 Å². The summed E-state index contributed by atoms with van der Waals surface area (Å²) in [6.45, 7) is 2.66. The molecule has 0 aromatic heterocycles. The van der Waals surface area contributed by atoms with Crippen molar-refractivity contribution in [1.82, 2.24) is 4.72 Å². The second kappa shape index (κ2) is 6.22. The van der Waals surface area contributed by atoms with E-state index in [4.69, 9.17) is 17.3 Å². The van der Waals surface area contributed by atoms with Crippen LogP contribution in [-0.2, 0) is 10.0 Å². The maximum Gasteiger partial charge on any atom is 0.241 e. The molecule has 0 spiro atoms. The Kier molecular flexibility index (Phi) is 5.00. The summed E-state index contributed by atoms with van der Waals surface area (Å²) in [5.41, 5.74) is 6.04. The Balaban J connectivity index is 2.14. The van der Waals surface area contributed by atoms with Crippen LogP contribution in [0.1, 0.15) is 26.2 Å². The third-order valence-corrected chi connectivity index (χ3v) is 6.50. The quantitative estimate of drug-likeness (QED) is 0.785. The number of nitrogen functional groups attached to an aromatic ring is 1. The number of anilines is 1. The van der Waals surface area contributed by atoms with E-state index in [1.54, 1.807) is 0 Å². The van der Waals surface area contributed by atoms with E-state index in [0.717, 1.165) is 12.8 Å². The Bertz CT molecular complexity index is 607. The SMILES string of the molecule is CC1CCC(CNS(=O)(=O)c2cc(Cl)cc(N)c2Br)C1. The van der Waals surface area contributed by atoms with Gasteiger partial charge in [-0.25, -0.2) is 13.1 Å². The normalized spacial score (nSPS) is 23.1. The van der Waals surface area contributed by atoms with Crippen LogP contribution >= 0.6 is 27.5 Å². The number of rotatable bonds is 4. The van der Waals surface area contributed by atoms with Crippen LogP contribution in [0, 0.1) is 11.8 Å². The minimum absolute atomic E-state index is 0.0912. The minimum atomic E-state index is -3.60. The van der Waals surface area contributed by atoms with Crippen molar-refractivity contribution in [1.29, 1.82) is 0 Å². The van der Waals surface area contributed by atoms with E-state index in [-0.39, 0.29) is 4.90 Å². The molecular weight excluding hydrogens is 364 g/mol. The molecule has 0 saturated heterocycles. The van der Waals surface area contributed by atoms with Gasteiger partial charge in [-0.1, -0.05) is 24.9 Å². The lowest BCUT2D eigenvalue weighted by atomic mass is 10.1. The minimum Gasteiger partial charge on any atom is -0.398 e. The third-order valence-electron chi connectivity index (χ3n) is 3.69. The molecule has 1 fully saturated rings. The van der Waals surface area contributed by atoms with Gasteiger partial charge in [-0.3, -0.25) is 0 Å². The van der Waals surface area contributed by atoms with E-state index in [1.165, 1.54) is 18.6 Å². The smallest absolute Gasteiger partial charge is 0.241 e. The van der Waals surface area contributed by atoms with E-state index in [0.29, 0.717) is 33.6 Å². The Morgan fingerprint density at radius 2 is 2.15 bits per heavy atom. The van der Waals surface area contributed by atoms with Gasteiger partial charge in [0, 0.05) is 17.3 Å². The van der Waals surface area contributed by atoms with Crippen LogP contribution in [-0.4, -0.2) is 15.0 Å². The molecule has 3 N–H and O–H groups in total. The summed E-state index contributed by atoms with van der Waals surface area (Å²) in [5, 5.41) is 0.306. The summed E-state index contributed by atoms with van der Waals surface area (Å²) in [5.74, 6) is 1.09. The van der Waals surface area contributed by atoms with Crippen molar-refractivity contribution in [3.63, 3.8) is 0 Å². The highest BCUT2D eigenvalue weighted by Gasteiger charge is 2.25. The van der Waals surface area contributed by atoms with Crippen molar-refractivity contribution in [2.75, 3.05) is 12.3 Å². The number of hydrogen-bond acceptors (Lipinski definition) is 3. The average Bonchev–Trinajstić information content (AvgIpc) is 2.77. The number of halogens is 2. The largest absolute Gasteiger partial charge is 0.398 e. The lowest BCUT2D eigenvalue weighted by Crippen LogP contribution is -2.29. The molecule has 2 rings (SSSR count). The molecule has 0 aliphatic heterocycles. The van der Waals surface area contributed by atoms with E-state index in [2.05, 4.69) is 27.6 Å². The number of sulfonamides is 1. The molecule has 1 aromatic rings. The molecule has 20 heavy (non-hydrogen) atoms. The summed E-state index contributed by atoms with van der Waals surface area (Å²) in [6, 6.07) is 2.92. The van der Waals surface area contributed by atoms with Crippen LogP contribution in [0.15, 0.2) is 21.5 Å². The zero-order valence-corrected chi connectivity index (χ0v) is 14.4. The fourth-order valence-electron chi connectivity index (χ4n) is 2.60. The molecule has 4 nitrogen and oxygen atoms in total. The number of benzene rings is 1. The molecule has 112 valence electrons. The molecule has 1 aromatic carbocycles. The third kappa shape index (κ3) is 3.67. The first-order chi connectivity index (χ1) is 9.29. The van der Waals surface area contributed by atoms with Gasteiger partial charge in [0.2, 0.25) is 10.0 Å². The zero-order chi connectivity index (χ0) is 14.9. The molecule has 1 aliphatic rings. The van der Waals surface area contributed by atoms with Crippen molar-refractivity contribution < 1.29 is 8.42 Å². The Labute approximate surface area is 133 Å². The maximum atomic E-state index is 12.3. The molecule has 7 heteroatoms. The molecular formula is C13H18BrClN2O2S. The fraction of sp³-hybridized carbons (Fsp3) is 0.538. The van der Waals surface area contributed by atoms with E-state index in [1.807, 2.05) is 0 Å². The summed E-state index contributed by atoms with van der Waals surface area (Å²) >= 11 is 9.09. The van der Waals surface area contributed by atoms with Crippen LogP contribution in [0.3, 0.4) is 0 Å². The van der Waals surface area contributed by atoms with Crippen molar-refractivity contribution in [3.05, 3.63) is 21.6 Å². The lowest BCUT2D eigenvalue weighted by Gasteiger charge is -2.13. The predicted molar refractivity (Wildman–Crippen MR) is 85.3 cm³/mol. The van der Waals surface area contributed by atoms with Crippen LogP contribution in [0.25, 0.3) is 0 Å². The first-order valence-electron chi connectivity index (χ1n) is 6.54. The van der Waals surface area contributed by atoms with Crippen LogP contribution in [0.2, 0.25) is 5.02 Å². The first kappa shape index (κ1) is 16.1. The van der Waals surface area contributed by atoms with Crippen LogP contribution < -0.4 is 10.5 Å². The van der Waals surface area contributed by atoms with Gasteiger partial charge in [0.05, 0.1) is 9.37 Å². The molecule has 0 bridgehead atoms. The van der Waals surface area contributed by atoms with Crippen LogP contribution in [0.4, 0.5) is 5.69 Å². The van der Waals surface area contributed by atoms with Gasteiger partial charge in [0.25, 0.3) is 0 Å². The molecule has 0 heterocycles. The van der Waals surface area contributed by atoms with Gasteiger partial charge >= 0.3 is 0 Å². The van der Waals surface area contributed by atoms with E-state index in [9.17, 15) is 8.42 Å². The second-order valence-corrected chi connectivity index (χ2v) is 8.41. The number of nitrogens with one attached hydrogen (secondary N) is 1. The van der Waals surface area contributed by atoms with Gasteiger partial charge in [-0.2, -0.15) is 0 Å². The van der Waals surface area contributed by atoms with Gasteiger partial charge in [-0.05, 0) is 52.7 Å². The van der Waals surface area contributed by atoms with Gasteiger partial charge in [0.15, 0.2) is 0 Å². The van der Waals surface area contributed by atoms with Crippen molar-refractivity contribution in [2.24, 2.45) is 11.8 Å². The lowest BCUT2D eigenvalue weighted by molar-refractivity contribution is 0.498. The Morgan fingerprint density at radius 3 is 2.75 bits per heavy atom. The molecule has 1 aliphatic carbocycles. The summed E-state index contributed by atoms with van der Waals surface area (Å²) in [7, 11) is -3.60. The van der Waals surface area contributed by atoms with Crippen molar-refractivity contribution >= 4 is 43.2 Å². The zero-order valence-electron chi connectivity index (χ0n) is 11.2. The monoisotopic (exact) mass is 380 g/mol. The predicted octanol–water partition coefficient (Wildman–Crippen LogP) is 3.40.